The summed E-state index contributed by atoms with van der Waals surface area (Å²) in [6.45, 7) is 21.9. The maximum atomic E-state index is 6.26. The predicted molar refractivity (Wildman–Crippen MR) is 356 cm³/mol. The molecule has 0 unspecified atom stereocenters. The third-order valence-corrected chi connectivity index (χ3v) is 18.9. The number of hydrogen-bond acceptors (Lipinski definition) is 6. The summed E-state index contributed by atoms with van der Waals surface area (Å²) in [5, 5.41) is 3.57. The summed E-state index contributed by atoms with van der Waals surface area (Å²) in [7, 11) is -0.358. The fourth-order valence-electron chi connectivity index (χ4n) is 11.9. The van der Waals surface area contributed by atoms with Crippen LogP contribution in [0.25, 0.3) is 22.3 Å². The van der Waals surface area contributed by atoms with Crippen molar-refractivity contribution in [3.05, 3.63) is 278 Å². The average Bonchev–Trinajstić information content (AvgIpc) is 1.53. The quantitative estimate of drug-likeness (QED) is 0.161. The second-order valence-corrected chi connectivity index (χ2v) is 27.0. The Morgan fingerprint density at radius 2 is 0.647 bits per heavy atom. The molecule has 9 heteroatoms. The molecule has 4 heterocycles. The van der Waals surface area contributed by atoms with Gasteiger partial charge in [0.1, 0.15) is 34.5 Å². The van der Waals surface area contributed by atoms with Crippen molar-refractivity contribution in [1.82, 2.24) is 0 Å². The lowest BCUT2D eigenvalue weighted by atomic mass is 9.71. The number of ether oxygens (including phenoxy) is 3. The van der Waals surface area contributed by atoms with Crippen LogP contribution >= 0.6 is 31.9 Å². The molecule has 85 heavy (non-hydrogen) atoms. The first-order chi connectivity index (χ1) is 40.6. The fourth-order valence-corrected chi connectivity index (χ4v) is 12.5. The molecule has 1 N–H and O–H groups in total. The highest BCUT2D eigenvalue weighted by molar-refractivity contribution is 9.10. The first-order valence-corrected chi connectivity index (χ1v) is 30.8. The SMILES string of the molecule is Brc1ccc(Cc2ccc(Br)cc2)cc1.CC1(C)c2ccccc2Oc2ccc(-c3ccc(Nc4ccc(-c5ccc6c(c5)C(C)(C)c5ccccc5O6)cc4)cc3)cc21.CC1(C)c2ccccc2Oc2ccc(B3OC(C)(C)C(C)(C)O3)cc21. The van der Waals surface area contributed by atoms with Gasteiger partial charge in [0.05, 0.1) is 11.2 Å². The molecule has 0 atom stereocenters. The first kappa shape index (κ1) is 57.8. The van der Waals surface area contributed by atoms with E-state index < -0.39 is 0 Å². The molecule has 426 valence electrons. The number of hydrogen-bond donors (Lipinski definition) is 1. The summed E-state index contributed by atoms with van der Waals surface area (Å²) in [6, 6.07) is 78.4. The maximum Gasteiger partial charge on any atom is 0.494 e. The molecule has 1 fully saturated rings. The molecule has 0 saturated carbocycles. The van der Waals surface area contributed by atoms with E-state index in [4.69, 9.17) is 23.5 Å². The van der Waals surface area contributed by atoms with Gasteiger partial charge in [-0.05, 0) is 170 Å². The van der Waals surface area contributed by atoms with Gasteiger partial charge in [0.2, 0.25) is 0 Å². The molecule has 0 spiro atoms. The van der Waals surface area contributed by atoms with E-state index in [2.05, 4.69) is 294 Å². The van der Waals surface area contributed by atoms with Gasteiger partial charge >= 0.3 is 7.12 Å². The van der Waals surface area contributed by atoms with E-state index in [0.29, 0.717) is 0 Å². The van der Waals surface area contributed by atoms with Gasteiger partial charge < -0.3 is 28.8 Å². The fraction of sp³-hybridized carbons (Fsp3) is 0.211. The number of halogens is 2. The Morgan fingerprint density at radius 1 is 0.329 bits per heavy atom. The van der Waals surface area contributed by atoms with E-state index in [-0.39, 0.29) is 34.6 Å². The summed E-state index contributed by atoms with van der Waals surface area (Å²) in [5.41, 5.74) is 16.7. The lowest BCUT2D eigenvalue weighted by Gasteiger charge is -2.34. The van der Waals surface area contributed by atoms with Gasteiger partial charge in [-0.3, -0.25) is 0 Å². The second-order valence-electron chi connectivity index (χ2n) is 25.1. The molecule has 0 radical (unpaired) electrons. The van der Waals surface area contributed by atoms with Gasteiger partial charge in [-0.1, -0.05) is 201 Å². The van der Waals surface area contributed by atoms with Crippen LogP contribution in [0.3, 0.4) is 0 Å². The van der Waals surface area contributed by atoms with Crippen molar-refractivity contribution in [1.29, 1.82) is 0 Å². The Bertz CT molecular complexity index is 3890. The van der Waals surface area contributed by atoms with E-state index in [1.54, 1.807) is 0 Å². The molecule has 4 aliphatic heterocycles. The predicted octanol–water partition coefficient (Wildman–Crippen LogP) is 20.8. The van der Waals surface area contributed by atoms with Crippen LogP contribution in [0.15, 0.2) is 233 Å². The van der Waals surface area contributed by atoms with Gasteiger partial charge in [-0.25, -0.2) is 0 Å². The van der Waals surface area contributed by atoms with Crippen LogP contribution in [0.5, 0.6) is 34.5 Å². The van der Waals surface area contributed by atoms with Crippen LogP contribution < -0.4 is 25.0 Å². The number of nitrogens with one attached hydrogen (secondary N) is 1. The minimum atomic E-state index is -0.358. The highest BCUT2D eigenvalue weighted by atomic mass is 79.9. The highest BCUT2D eigenvalue weighted by Gasteiger charge is 2.52. The number of rotatable bonds is 7. The van der Waals surface area contributed by atoms with Crippen molar-refractivity contribution in [2.75, 3.05) is 5.32 Å². The lowest BCUT2D eigenvalue weighted by Crippen LogP contribution is -2.41. The molecule has 0 aliphatic carbocycles. The van der Waals surface area contributed by atoms with Crippen LogP contribution in [0.4, 0.5) is 11.4 Å². The first-order valence-electron chi connectivity index (χ1n) is 29.2. The maximum absolute atomic E-state index is 6.26. The minimum absolute atomic E-state index is 0.135. The van der Waals surface area contributed by atoms with Crippen molar-refractivity contribution >= 4 is 55.8 Å². The molecule has 0 bridgehead atoms. The third-order valence-electron chi connectivity index (χ3n) is 17.8. The molecule has 6 nitrogen and oxygen atoms in total. The molecular weight excluding hydrogens is 1180 g/mol. The standard InChI is InChI=1S/C42H35NO2.C21H25BO3.C13H10Br2/c1-41(2)33-9-5-7-11-37(33)44-39-23-17-29(25-35(39)41)27-13-19-31(20-14-27)43-32-21-15-28(16-22-32)30-18-24-40-36(26-30)42(3,4)34-10-6-8-12-38(34)45-40;1-19(2)15-9-7-8-10-17(15)23-18-12-11-14(13-16(18)19)22-24-20(3,4)21(5,6)25-22;14-12-5-1-10(2-6-12)9-11-3-7-13(15)8-4-11/h5-26,43H,1-4H3;7-13H,1-6H3;1-8H,9H2. The highest BCUT2D eigenvalue weighted by Crippen LogP contribution is 2.51. The normalized spacial score (nSPS) is 16.2. The van der Waals surface area contributed by atoms with Crippen molar-refractivity contribution < 1.29 is 23.5 Å². The molecule has 4 aliphatic rings. The van der Waals surface area contributed by atoms with Crippen molar-refractivity contribution in [2.45, 2.75) is 103 Å². The lowest BCUT2D eigenvalue weighted by molar-refractivity contribution is 0.00578. The van der Waals surface area contributed by atoms with Gasteiger partial charge in [-0.2, -0.15) is 0 Å². The zero-order chi connectivity index (χ0) is 59.5. The van der Waals surface area contributed by atoms with Crippen LogP contribution in [0, 0.1) is 0 Å². The Hall–Kier alpha value is -7.66. The summed E-state index contributed by atoms with van der Waals surface area (Å²) < 4.78 is 33.3. The molecule has 10 aromatic carbocycles. The van der Waals surface area contributed by atoms with Crippen LogP contribution in [0.1, 0.15) is 114 Å². The van der Waals surface area contributed by atoms with Crippen molar-refractivity contribution in [3.63, 3.8) is 0 Å². The monoisotopic (exact) mass is 1250 g/mol. The minimum Gasteiger partial charge on any atom is -0.457 e. The largest absolute Gasteiger partial charge is 0.494 e. The Morgan fingerprint density at radius 3 is 1.02 bits per heavy atom. The van der Waals surface area contributed by atoms with E-state index >= 15 is 0 Å². The van der Waals surface area contributed by atoms with E-state index in [1.165, 1.54) is 66.8 Å². The van der Waals surface area contributed by atoms with Crippen LogP contribution in [0.2, 0.25) is 0 Å². The van der Waals surface area contributed by atoms with Crippen molar-refractivity contribution in [2.24, 2.45) is 0 Å². The Kier molecular flexibility index (Phi) is 15.4. The number of anilines is 2. The van der Waals surface area contributed by atoms with Crippen molar-refractivity contribution in [3.8, 4) is 56.8 Å². The molecule has 0 aromatic heterocycles. The summed E-state index contributed by atoms with van der Waals surface area (Å²) in [4.78, 5) is 0. The molecule has 0 amide bonds. The van der Waals surface area contributed by atoms with E-state index in [9.17, 15) is 0 Å². The van der Waals surface area contributed by atoms with Crippen LogP contribution in [-0.4, -0.2) is 18.3 Å². The number of fused-ring (bicyclic) bond motifs is 6. The Balaban J connectivity index is 0.000000147. The van der Waals surface area contributed by atoms with Crippen LogP contribution in [-0.2, 0) is 32.0 Å². The number of para-hydroxylation sites is 3. The molecule has 1 saturated heterocycles. The zero-order valence-corrected chi connectivity index (χ0v) is 53.1. The smallest absolute Gasteiger partial charge is 0.457 e. The average molecular weight is 1250 g/mol. The third kappa shape index (κ3) is 11.5. The Labute approximate surface area is 519 Å². The molecule has 14 rings (SSSR count). The van der Waals surface area contributed by atoms with Gasteiger partial charge in [0.15, 0.2) is 0 Å². The molecular formula is C76H70BBr2NO5. The summed E-state index contributed by atoms with van der Waals surface area (Å²) in [5.74, 6) is 5.59. The topological polar surface area (TPSA) is 58.2 Å². The van der Waals surface area contributed by atoms with Gasteiger partial charge in [-0.15, -0.1) is 0 Å². The molecule has 10 aromatic rings. The van der Waals surface area contributed by atoms with E-state index in [1.807, 2.05) is 36.4 Å². The summed E-state index contributed by atoms with van der Waals surface area (Å²) >= 11 is 6.87. The number of benzene rings is 10. The second kappa shape index (κ2) is 22.6. The van der Waals surface area contributed by atoms with Gasteiger partial charge in [0.25, 0.3) is 0 Å². The van der Waals surface area contributed by atoms with Gasteiger partial charge in [0, 0.05) is 69.9 Å². The summed E-state index contributed by atoms with van der Waals surface area (Å²) in [6.07, 6.45) is 0.987. The van der Waals surface area contributed by atoms with E-state index in [0.717, 1.165) is 66.7 Å². The zero-order valence-electron chi connectivity index (χ0n) is 49.9.